The van der Waals surface area contributed by atoms with E-state index in [9.17, 15) is 5.11 Å². The molecule has 180 valence electrons. The Bertz CT molecular complexity index is 1470. The number of nitrogens with two attached hydrogens (primary N) is 1. The highest BCUT2D eigenvalue weighted by atomic mass is 16.3. The lowest BCUT2D eigenvalue weighted by Crippen LogP contribution is -2.22. The van der Waals surface area contributed by atoms with Crippen molar-refractivity contribution in [2.75, 3.05) is 12.3 Å². The Kier molecular flexibility index (Phi) is 6.83. The van der Waals surface area contributed by atoms with Gasteiger partial charge in [-0.05, 0) is 48.0 Å². The highest BCUT2D eigenvalue weighted by Crippen LogP contribution is 2.32. The predicted octanol–water partition coefficient (Wildman–Crippen LogP) is 6.65. The van der Waals surface area contributed by atoms with E-state index >= 15 is 0 Å². The van der Waals surface area contributed by atoms with Gasteiger partial charge in [-0.3, -0.25) is 4.90 Å². The second-order valence-corrected chi connectivity index (χ2v) is 8.94. The number of fused-ring (bicyclic) bond motifs is 1. The second-order valence-electron chi connectivity index (χ2n) is 8.94. The number of aromatic nitrogens is 1. The van der Waals surface area contributed by atoms with E-state index in [4.69, 9.17) is 10.7 Å². The van der Waals surface area contributed by atoms with Crippen LogP contribution in [0.4, 0.5) is 11.4 Å². The van der Waals surface area contributed by atoms with E-state index in [-0.39, 0.29) is 5.88 Å². The third-order valence-corrected chi connectivity index (χ3v) is 6.37. The van der Waals surface area contributed by atoms with Crippen LogP contribution in [0.2, 0.25) is 0 Å². The summed E-state index contributed by atoms with van der Waals surface area (Å²) in [6.45, 7) is 4.94. The van der Waals surface area contributed by atoms with Gasteiger partial charge in [-0.25, -0.2) is 4.99 Å². The number of rotatable bonds is 8. The monoisotopic (exact) mass is 474 g/mol. The first-order valence-corrected chi connectivity index (χ1v) is 12.2. The quantitative estimate of drug-likeness (QED) is 0.174. The van der Waals surface area contributed by atoms with Crippen LogP contribution in [0.5, 0.6) is 5.88 Å². The Balaban J connectivity index is 1.47. The van der Waals surface area contributed by atoms with Crippen LogP contribution in [0.3, 0.4) is 0 Å². The Labute approximate surface area is 211 Å². The van der Waals surface area contributed by atoms with Crippen molar-refractivity contribution in [3.63, 3.8) is 0 Å². The van der Waals surface area contributed by atoms with E-state index in [2.05, 4.69) is 53.2 Å². The smallest absolute Gasteiger partial charge is 0.199 e. The standard InChI is InChI=1S/C31H30N4O/c1-2-35(20-22-9-5-3-6-10-22)21-23-13-16-26(17-14-23)33-30(24-11-7-4-8-12-24)29-27-19-25(32)15-18-28(27)34-31(29)36/h3-19,34,36H,2,20-21,32H2,1H3. The molecule has 0 radical (unpaired) electrons. The van der Waals surface area contributed by atoms with Crippen LogP contribution in [0, 0.1) is 0 Å². The first-order valence-electron chi connectivity index (χ1n) is 12.2. The molecule has 4 aromatic carbocycles. The highest BCUT2D eigenvalue weighted by molar-refractivity contribution is 6.22. The number of aliphatic imine (C=N–C) groups is 1. The minimum Gasteiger partial charge on any atom is -0.494 e. The van der Waals surface area contributed by atoms with Gasteiger partial charge in [-0.2, -0.15) is 0 Å². The lowest BCUT2D eigenvalue weighted by molar-refractivity contribution is 0.271. The van der Waals surface area contributed by atoms with Crippen molar-refractivity contribution in [1.29, 1.82) is 0 Å². The van der Waals surface area contributed by atoms with Gasteiger partial charge in [0.25, 0.3) is 0 Å². The fourth-order valence-corrected chi connectivity index (χ4v) is 4.48. The number of benzene rings is 4. The molecule has 0 amide bonds. The summed E-state index contributed by atoms with van der Waals surface area (Å²) >= 11 is 0. The maximum absolute atomic E-state index is 10.8. The predicted molar refractivity (Wildman–Crippen MR) is 149 cm³/mol. The highest BCUT2D eigenvalue weighted by Gasteiger charge is 2.19. The summed E-state index contributed by atoms with van der Waals surface area (Å²) in [4.78, 5) is 10.5. The maximum atomic E-state index is 10.8. The summed E-state index contributed by atoms with van der Waals surface area (Å²) in [6.07, 6.45) is 0. The molecule has 4 N–H and O–H groups in total. The molecule has 0 aliphatic heterocycles. The number of aromatic hydroxyl groups is 1. The fourth-order valence-electron chi connectivity index (χ4n) is 4.48. The summed E-state index contributed by atoms with van der Waals surface area (Å²) in [5.41, 5.74) is 13.1. The summed E-state index contributed by atoms with van der Waals surface area (Å²) in [7, 11) is 0. The maximum Gasteiger partial charge on any atom is 0.199 e. The van der Waals surface area contributed by atoms with Gasteiger partial charge in [-0.15, -0.1) is 0 Å². The van der Waals surface area contributed by atoms with Crippen LogP contribution < -0.4 is 5.73 Å². The van der Waals surface area contributed by atoms with Crippen LogP contribution in [-0.4, -0.2) is 27.2 Å². The van der Waals surface area contributed by atoms with Gasteiger partial charge in [0, 0.05) is 35.2 Å². The molecule has 0 saturated carbocycles. The van der Waals surface area contributed by atoms with E-state index in [1.807, 2.05) is 66.7 Å². The molecular weight excluding hydrogens is 444 g/mol. The molecule has 0 atom stereocenters. The Hall–Kier alpha value is -4.35. The lowest BCUT2D eigenvalue weighted by Gasteiger charge is -2.20. The molecule has 1 aromatic heterocycles. The van der Waals surface area contributed by atoms with Gasteiger partial charge in [0.15, 0.2) is 5.88 Å². The van der Waals surface area contributed by atoms with Crippen molar-refractivity contribution >= 4 is 28.0 Å². The first-order chi connectivity index (χ1) is 17.6. The largest absolute Gasteiger partial charge is 0.494 e. The molecule has 1 heterocycles. The molecule has 0 saturated heterocycles. The number of H-pyrrole nitrogens is 1. The average molecular weight is 475 g/mol. The van der Waals surface area contributed by atoms with Gasteiger partial charge < -0.3 is 15.8 Å². The van der Waals surface area contributed by atoms with Crippen molar-refractivity contribution in [3.05, 3.63) is 125 Å². The topological polar surface area (TPSA) is 77.6 Å². The number of hydrogen-bond donors (Lipinski definition) is 3. The Morgan fingerprint density at radius 2 is 1.47 bits per heavy atom. The molecule has 0 aliphatic carbocycles. The van der Waals surface area contributed by atoms with E-state index in [1.165, 1.54) is 11.1 Å². The third-order valence-electron chi connectivity index (χ3n) is 6.37. The van der Waals surface area contributed by atoms with Crippen molar-refractivity contribution < 1.29 is 5.11 Å². The SMILES string of the molecule is CCN(Cc1ccccc1)Cc1ccc(N=C(c2ccccc2)c2c(O)[nH]c3ccc(N)cc23)cc1. The molecule has 0 bridgehead atoms. The van der Waals surface area contributed by atoms with Gasteiger partial charge in [0.2, 0.25) is 0 Å². The fraction of sp³-hybridized carbons (Fsp3) is 0.129. The number of anilines is 1. The average Bonchev–Trinajstić information content (AvgIpc) is 3.23. The van der Waals surface area contributed by atoms with Crippen molar-refractivity contribution in [2.24, 2.45) is 4.99 Å². The van der Waals surface area contributed by atoms with Crippen molar-refractivity contribution in [2.45, 2.75) is 20.0 Å². The molecule has 5 aromatic rings. The van der Waals surface area contributed by atoms with Crippen LogP contribution in [0.1, 0.15) is 29.2 Å². The molecule has 5 nitrogen and oxygen atoms in total. The van der Waals surface area contributed by atoms with Gasteiger partial charge in [0.05, 0.1) is 17.0 Å². The van der Waals surface area contributed by atoms with Gasteiger partial charge in [-0.1, -0.05) is 79.7 Å². The summed E-state index contributed by atoms with van der Waals surface area (Å²) in [6, 6.07) is 34.4. The Morgan fingerprint density at radius 1 is 0.833 bits per heavy atom. The summed E-state index contributed by atoms with van der Waals surface area (Å²) < 4.78 is 0. The number of nitrogens with zero attached hydrogens (tertiary/aromatic N) is 2. The number of aromatic amines is 1. The zero-order valence-corrected chi connectivity index (χ0v) is 20.4. The second kappa shape index (κ2) is 10.5. The van der Waals surface area contributed by atoms with Crippen LogP contribution in [0.15, 0.2) is 108 Å². The number of nitrogens with one attached hydrogen (secondary N) is 1. The van der Waals surface area contributed by atoms with Crippen molar-refractivity contribution in [1.82, 2.24) is 9.88 Å². The zero-order chi connectivity index (χ0) is 24.9. The molecule has 0 spiro atoms. The minimum absolute atomic E-state index is 0.0781. The first kappa shape index (κ1) is 23.4. The Morgan fingerprint density at radius 3 is 2.14 bits per heavy atom. The van der Waals surface area contributed by atoms with E-state index in [1.54, 1.807) is 0 Å². The van der Waals surface area contributed by atoms with Crippen LogP contribution in [0.25, 0.3) is 10.9 Å². The van der Waals surface area contributed by atoms with Gasteiger partial charge in [0.1, 0.15) is 0 Å². The van der Waals surface area contributed by atoms with Gasteiger partial charge >= 0.3 is 0 Å². The normalized spacial score (nSPS) is 11.9. The van der Waals surface area contributed by atoms with Crippen molar-refractivity contribution in [3.8, 4) is 5.88 Å². The van der Waals surface area contributed by atoms with E-state index in [0.29, 0.717) is 17.0 Å². The molecule has 5 heteroatoms. The van der Waals surface area contributed by atoms with Crippen LogP contribution in [-0.2, 0) is 13.1 Å². The minimum atomic E-state index is 0.0781. The third kappa shape index (κ3) is 5.16. The molecule has 5 rings (SSSR count). The summed E-state index contributed by atoms with van der Waals surface area (Å²) in [5.74, 6) is 0.0781. The lowest BCUT2D eigenvalue weighted by atomic mass is 10.0. The summed E-state index contributed by atoms with van der Waals surface area (Å²) in [5, 5.41) is 11.7. The van der Waals surface area contributed by atoms with E-state index < -0.39 is 0 Å². The number of hydrogen-bond acceptors (Lipinski definition) is 4. The molecule has 0 unspecified atom stereocenters. The molecular formula is C31H30N4O. The molecule has 0 aliphatic rings. The molecule has 36 heavy (non-hydrogen) atoms. The number of nitrogen functional groups attached to an aromatic ring is 1. The zero-order valence-electron chi connectivity index (χ0n) is 20.4. The van der Waals surface area contributed by atoms with Crippen LogP contribution >= 0.6 is 0 Å². The molecule has 0 fully saturated rings. The van der Waals surface area contributed by atoms with E-state index in [0.717, 1.165) is 41.8 Å².